The van der Waals surface area contributed by atoms with Crippen LogP contribution in [0.15, 0.2) is 60.7 Å². The molecule has 2 aromatic rings. The van der Waals surface area contributed by atoms with E-state index in [2.05, 4.69) is 15.5 Å². The van der Waals surface area contributed by atoms with Gasteiger partial charge in [-0.3, -0.25) is 14.5 Å². The Balaban J connectivity index is 1.54. The molecule has 7 heteroatoms. The molecule has 1 aliphatic heterocycles. The monoisotopic (exact) mass is 380 g/mol. The summed E-state index contributed by atoms with van der Waals surface area (Å²) in [4.78, 5) is 26.7. The van der Waals surface area contributed by atoms with Gasteiger partial charge in [0.2, 0.25) is 5.91 Å². The SMILES string of the molecule is Nc1cccc(NC(=O)c2cccc(NC(=O)/C=C/CN3CCOCC3)c2)c1. The second kappa shape index (κ2) is 9.68. The lowest BCUT2D eigenvalue weighted by Crippen LogP contribution is -2.36. The van der Waals surface area contributed by atoms with E-state index in [1.807, 2.05) is 6.08 Å². The van der Waals surface area contributed by atoms with Gasteiger partial charge in [0.05, 0.1) is 13.2 Å². The number of ether oxygens (including phenoxy) is 1. The highest BCUT2D eigenvalue weighted by molar-refractivity contribution is 6.06. The van der Waals surface area contributed by atoms with Gasteiger partial charge in [-0.1, -0.05) is 18.2 Å². The summed E-state index contributed by atoms with van der Waals surface area (Å²) in [5.74, 6) is -0.508. The number of hydrogen-bond donors (Lipinski definition) is 3. The smallest absolute Gasteiger partial charge is 0.255 e. The predicted octanol–water partition coefficient (Wildman–Crippen LogP) is 2.35. The Morgan fingerprint density at radius 3 is 2.50 bits per heavy atom. The fourth-order valence-corrected chi connectivity index (χ4v) is 2.83. The average molecular weight is 380 g/mol. The molecule has 0 atom stereocenters. The number of nitrogen functional groups attached to an aromatic ring is 1. The minimum absolute atomic E-state index is 0.235. The Bertz CT molecular complexity index is 860. The van der Waals surface area contributed by atoms with Crippen LogP contribution in [0.5, 0.6) is 0 Å². The quantitative estimate of drug-likeness (QED) is 0.528. The molecule has 1 saturated heterocycles. The van der Waals surface area contributed by atoms with Crippen molar-refractivity contribution in [3.8, 4) is 0 Å². The standard InChI is InChI=1S/C21H24N4O3/c22-17-5-2-7-19(15-17)24-21(27)16-4-1-6-18(14-16)23-20(26)8-3-9-25-10-12-28-13-11-25/h1-8,14-15H,9-13,22H2,(H,23,26)(H,24,27)/b8-3+. The predicted molar refractivity (Wildman–Crippen MR) is 110 cm³/mol. The molecule has 0 saturated carbocycles. The summed E-state index contributed by atoms with van der Waals surface area (Å²) in [5.41, 5.74) is 7.91. The lowest BCUT2D eigenvalue weighted by Gasteiger charge is -2.25. The van der Waals surface area contributed by atoms with E-state index < -0.39 is 0 Å². The van der Waals surface area contributed by atoms with Crippen molar-refractivity contribution in [3.63, 3.8) is 0 Å². The van der Waals surface area contributed by atoms with Crippen LogP contribution in [0.3, 0.4) is 0 Å². The molecule has 0 spiro atoms. The first-order valence-electron chi connectivity index (χ1n) is 9.15. The Kier molecular flexibility index (Phi) is 6.78. The van der Waals surface area contributed by atoms with E-state index in [9.17, 15) is 9.59 Å². The van der Waals surface area contributed by atoms with Crippen molar-refractivity contribution >= 4 is 28.9 Å². The Morgan fingerprint density at radius 1 is 1.04 bits per heavy atom. The van der Waals surface area contributed by atoms with Gasteiger partial charge >= 0.3 is 0 Å². The van der Waals surface area contributed by atoms with Gasteiger partial charge in [0.1, 0.15) is 0 Å². The number of carbonyl (C=O) groups is 2. The minimum Gasteiger partial charge on any atom is -0.399 e. The topological polar surface area (TPSA) is 96.7 Å². The number of nitrogens with one attached hydrogen (secondary N) is 2. The van der Waals surface area contributed by atoms with Gasteiger partial charge in [0, 0.05) is 48.3 Å². The zero-order valence-electron chi connectivity index (χ0n) is 15.6. The van der Waals surface area contributed by atoms with Crippen LogP contribution in [0.25, 0.3) is 0 Å². The van der Waals surface area contributed by atoms with Crippen molar-refractivity contribution < 1.29 is 14.3 Å². The van der Waals surface area contributed by atoms with E-state index in [0.29, 0.717) is 29.2 Å². The van der Waals surface area contributed by atoms with Crippen LogP contribution < -0.4 is 16.4 Å². The summed E-state index contributed by atoms with van der Waals surface area (Å²) in [6, 6.07) is 13.7. The first-order valence-corrected chi connectivity index (χ1v) is 9.15. The molecule has 0 aliphatic carbocycles. The molecule has 2 amide bonds. The van der Waals surface area contributed by atoms with Crippen molar-refractivity contribution in [2.75, 3.05) is 49.2 Å². The molecule has 3 rings (SSSR count). The van der Waals surface area contributed by atoms with Crippen LogP contribution in [-0.4, -0.2) is 49.6 Å². The van der Waals surface area contributed by atoms with Crippen LogP contribution in [0.2, 0.25) is 0 Å². The van der Waals surface area contributed by atoms with Gasteiger partial charge < -0.3 is 21.1 Å². The molecule has 0 bridgehead atoms. The number of amides is 2. The van der Waals surface area contributed by atoms with Crippen molar-refractivity contribution in [2.45, 2.75) is 0 Å². The molecule has 28 heavy (non-hydrogen) atoms. The maximum absolute atomic E-state index is 12.4. The summed E-state index contributed by atoms with van der Waals surface area (Å²) < 4.78 is 5.30. The molecule has 7 nitrogen and oxygen atoms in total. The van der Waals surface area contributed by atoms with Gasteiger partial charge in [0.15, 0.2) is 0 Å². The summed E-state index contributed by atoms with van der Waals surface area (Å²) in [6.45, 7) is 3.90. The number of anilines is 3. The van der Waals surface area contributed by atoms with E-state index in [0.717, 1.165) is 26.3 Å². The van der Waals surface area contributed by atoms with Crippen molar-refractivity contribution in [1.29, 1.82) is 0 Å². The van der Waals surface area contributed by atoms with Crippen molar-refractivity contribution in [3.05, 3.63) is 66.2 Å². The Morgan fingerprint density at radius 2 is 1.75 bits per heavy atom. The highest BCUT2D eigenvalue weighted by Crippen LogP contribution is 2.15. The molecular weight excluding hydrogens is 356 g/mol. The van der Waals surface area contributed by atoms with E-state index in [1.165, 1.54) is 6.08 Å². The first kappa shape index (κ1) is 19.6. The third kappa shape index (κ3) is 5.94. The Labute approximate surface area is 164 Å². The summed E-state index contributed by atoms with van der Waals surface area (Å²) in [7, 11) is 0. The molecular formula is C21H24N4O3. The number of nitrogens with two attached hydrogens (primary N) is 1. The molecule has 2 aromatic carbocycles. The molecule has 4 N–H and O–H groups in total. The average Bonchev–Trinajstić information content (AvgIpc) is 2.69. The lowest BCUT2D eigenvalue weighted by molar-refractivity contribution is -0.111. The number of carbonyl (C=O) groups excluding carboxylic acids is 2. The van der Waals surface area contributed by atoms with Crippen LogP contribution in [-0.2, 0) is 9.53 Å². The third-order valence-corrected chi connectivity index (χ3v) is 4.27. The zero-order chi connectivity index (χ0) is 19.8. The molecule has 0 radical (unpaired) electrons. The molecule has 0 aromatic heterocycles. The number of benzene rings is 2. The third-order valence-electron chi connectivity index (χ3n) is 4.27. The maximum Gasteiger partial charge on any atom is 0.255 e. The fourth-order valence-electron chi connectivity index (χ4n) is 2.83. The lowest BCUT2D eigenvalue weighted by atomic mass is 10.1. The number of morpholine rings is 1. The van der Waals surface area contributed by atoms with Crippen LogP contribution in [0, 0.1) is 0 Å². The van der Waals surface area contributed by atoms with Crippen LogP contribution >= 0.6 is 0 Å². The highest BCUT2D eigenvalue weighted by Gasteiger charge is 2.09. The Hall–Kier alpha value is -3.16. The largest absolute Gasteiger partial charge is 0.399 e. The summed E-state index contributed by atoms with van der Waals surface area (Å²) in [6.07, 6.45) is 3.34. The second-order valence-electron chi connectivity index (χ2n) is 6.46. The van der Waals surface area contributed by atoms with Crippen molar-refractivity contribution in [1.82, 2.24) is 4.90 Å². The number of rotatable bonds is 6. The number of nitrogens with zero attached hydrogens (tertiary/aromatic N) is 1. The summed E-state index contributed by atoms with van der Waals surface area (Å²) >= 11 is 0. The van der Waals surface area contributed by atoms with E-state index in [4.69, 9.17) is 10.5 Å². The zero-order valence-corrected chi connectivity index (χ0v) is 15.6. The van der Waals surface area contributed by atoms with E-state index in [-0.39, 0.29) is 11.8 Å². The molecule has 0 unspecified atom stereocenters. The number of hydrogen-bond acceptors (Lipinski definition) is 5. The van der Waals surface area contributed by atoms with E-state index in [1.54, 1.807) is 48.5 Å². The van der Waals surface area contributed by atoms with Gasteiger partial charge in [-0.2, -0.15) is 0 Å². The normalized spacial score (nSPS) is 14.7. The second-order valence-corrected chi connectivity index (χ2v) is 6.46. The highest BCUT2D eigenvalue weighted by atomic mass is 16.5. The molecule has 1 fully saturated rings. The van der Waals surface area contributed by atoms with Gasteiger partial charge in [-0.25, -0.2) is 0 Å². The summed E-state index contributed by atoms with van der Waals surface area (Å²) in [5, 5.41) is 5.57. The van der Waals surface area contributed by atoms with E-state index >= 15 is 0 Å². The minimum atomic E-state index is -0.274. The van der Waals surface area contributed by atoms with Crippen LogP contribution in [0.1, 0.15) is 10.4 Å². The molecule has 146 valence electrons. The van der Waals surface area contributed by atoms with Gasteiger partial charge in [0.25, 0.3) is 5.91 Å². The first-order chi connectivity index (χ1) is 13.6. The molecule has 1 aliphatic rings. The fraction of sp³-hybridized carbons (Fsp3) is 0.238. The molecule has 1 heterocycles. The maximum atomic E-state index is 12.4. The van der Waals surface area contributed by atoms with Crippen LogP contribution in [0.4, 0.5) is 17.1 Å². The van der Waals surface area contributed by atoms with Crippen molar-refractivity contribution in [2.24, 2.45) is 0 Å². The van der Waals surface area contributed by atoms with Gasteiger partial charge in [-0.15, -0.1) is 0 Å². The van der Waals surface area contributed by atoms with Gasteiger partial charge in [-0.05, 0) is 36.4 Å².